The Balaban J connectivity index is 1.34. The lowest BCUT2D eigenvalue weighted by molar-refractivity contribution is -0.124. The van der Waals surface area contributed by atoms with Gasteiger partial charge in [0.15, 0.2) is 0 Å². The third-order valence-corrected chi connectivity index (χ3v) is 5.27. The Morgan fingerprint density at radius 3 is 2.44 bits per heavy atom. The number of alkyl halides is 2. The number of pyridine rings is 1. The van der Waals surface area contributed by atoms with E-state index in [1.165, 1.54) is 50.2 Å². The van der Waals surface area contributed by atoms with Crippen LogP contribution in [0.15, 0.2) is 55.2 Å². The standard InChI is InChI=1S/C23H21F2N5O4/c1-33-16-4-5-19(18(8-16)20(24)25)34-17-3-2-15(28-12-17)11-29-22(32)23(6-7-23)30-21(31)14-9-26-13-27-10-14/h2-5,8-10,12-13,20H,6-7,11H2,1H3,(H,29,32)(H,30,31). The average Bonchev–Trinajstić information content (AvgIpc) is 3.64. The minimum absolute atomic E-state index is 0.00566. The Bertz CT molecular complexity index is 1170. The Kier molecular flexibility index (Phi) is 6.62. The SMILES string of the molecule is COc1ccc(Oc2ccc(CNC(=O)C3(NC(=O)c4cncnc4)CC3)nc2)c(C(F)F)c1. The molecular formula is C23H21F2N5O4. The maximum atomic E-state index is 13.3. The summed E-state index contributed by atoms with van der Waals surface area (Å²) in [4.78, 5) is 36.8. The zero-order chi connectivity index (χ0) is 24.1. The van der Waals surface area contributed by atoms with Crippen molar-refractivity contribution in [2.24, 2.45) is 0 Å². The first-order chi connectivity index (χ1) is 16.4. The van der Waals surface area contributed by atoms with Gasteiger partial charge in [0.1, 0.15) is 29.1 Å². The van der Waals surface area contributed by atoms with E-state index in [4.69, 9.17) is 9.47 Å². The summed E-state index contributed by atoms with van der Waals surface area (Å²) < 4.78 is 37.2. The number of rotatable bonds is 9. The molecular weight excluding hydrogens is 448 g/mol. The fraction of sp³-hybridized carbons (Fsp3) is 0.261. The molecule has 1 fully saturated rings. The highest BCUT2D eigenvalue weighted by Crippen LogP contribution is 2.36. The number of carbonyl (C=O) groups excluding carboxylic acids is 2. The van der Waals surface area contributed by atoms with Crippen molar-refractivity contribution < 1.29 is 27.8 Å². The van der Waals surface area contributed by atoms with Crippen molar-refractivity contribution in [1.82, 2.24) is 25.6 Å². The fourth-order valence-electron chi connectivity index (χ4n) is 3.20. The molecule has 2 N–H and O–H groups in total. The molecule has 9 nitrogen and oxygen atoms in total. The summed E-state index contributed by atoms with van der Waals surface area (Å²) in [5, 5.41) is 5.50. The van der Waals surface area contributed by atoms with E-state index >= 15 is 0 Å². The molecule has 0 atom stereocenters. The molecule has 1 aromatic carbocycles. The monoisotopic (exact) mass is 469 g/mol. The Hall–Kier alpha value is -4.15. The predicted octanol–water partition coefficient (Wildman–Crippen LogP) is 3.19. The second kappa shape index (κ2) is 9.77. The lowest BCUT2D eigenvalue weighted by Gasteiger charge is -2.17. The van der Waals surface area contributed by atoms with Crippen LogP contribution >= 0.6 is 0 Å². The molecule has 1 aliphatic rings. The number of aromatic nitrogens is 3. The van der Waals surface area contributed by atoms with Crippen LogP contribution < -0.4 is 20.1 Å². The molecule has 2 amide bonds. The van der Waals surface area contributed by atoms with Gasteiger partial charge in [0, 0.05) is 12.4 Å². The Morgan fingerprint density at radius 2 is 1.82 bits per heavy atom. The van der Waals surface area contributed by atoms with Gasteiger partial charge >= 0.3 is 0 Å². The number of nitrogens with one attached hydrogen (secondary N) is 2. The van der Waals surface area contributed by atoms with Crippen molar-refractivity contribution >= 4 is 11.8 Å². The van der Waals surface area contributed by atoms with E-state index in [9.17, 15) is 18.4 Å². The maximum Gasteiger partial charge on any atom is 0.267 e. The average molecular weight is 469 g/mol. The smallest absolute Gasteiger partial charge is 0.267 e. The number of nitrogens with zero attached hydrogens (tertiary/aromatic N) is 3. The number of hydrogen-bond acceptors (Lipinski definition) is 7. The van der Waals surface area contributed by atoms with Gasteiger partial charge < -0.3 is 20.1 Å². The van der Waals surface area contributed by atoms with E-state index in [1.54, 1.807) is 12.1 Å². The van der Waals surface area contributed by atoms with Gasteiger partial charge in [0.2, 0.25) is 5.91 Å². The van der Waals surface area contributed by atoms with Crippen LogP contribution in [0.5, 0.6) is 17.2 Å². The predicted molar refractivity (Wildman–Crippen MR) is 116 cm³/mol. The van der Waals surface area contributed by atoms with Crippen LogP contribution in [0.2, 0.25) is 0 Å². The first-order valence-corrected chi connectivity index (χ1v) is 10.3. The van der Waals surface area contributed by atoms with Crippen LogP contribution in [-0.4, -0.2) is 39.4 Å². The lowest BCUT2D eigenvalue weighted by atomic mass is 10.2. The Labute approximate surface area is 193 Å². The summed E-state index contributed by atoms with van der Waals surface area (Å²) in [6.07, 6.45) is 3.75. The number of benzene rings is 1. The molecule has 176 valence electrons. The molecule has 0 bridgehead atoms. The van der Waals surface area contributed by atoms with Crippen LogP contribution in [0.4, 0.5) is 8.78 Å². The molecule has 4 rings (SSSR count). The molecule has 0 saturated heterocycles. The minimum atomic E-state index is -2.74. The first kappa shape index (κ1) is 23.0. The van der Waals surface area contributed by atoms with Crippen LogP contribution in [0.3, 0.4) is 0 Å². The molecule has 0 radical (unpaired) electrons. The van der Waals surface area contributed by atoms with E-state index in [-0.39, 0.29) is 35.1 Å². The Morgan fingerprint density at radius 1 is 1.09 bits per heavy atom. The van der Waals surface area contributed by atoms with Gasteiger partial charge in [-0.2, -0.15) is 0 Å². The first-order valence-electron chi connectivity index (χ1n) is 10.3. The molecule has 1 saturated carbocycles. The molecule has 0 aliphatic heterocycles. The number of halogens is 2. The minimum Gasteiger partial charge on any atom is -0.497 e. The van der Waals surface area contributed by atoms with Gasteiger partial charge in [-0.05, 0) is 43.2 Å². The summed E-state index contributed by atoms with van der Waals surface area (Å²) >= 11 is 0. The van der Waals surface area contributed by atoms with Crippen molar-refractivity contribution in [1.29, 1.82) is 0 Å². The molecule has 2 heterocycles. The zero-order valence-electron chi connectivity index (χ0n) is 18.1. The number of carbonyl (C=O) groups is 2. The van der Waals surface area contributed by atoms with E-state index < -0.39 is 17.9 Å². The summed E-state index contributed by atoms with van der Waals surface area (Å²) in [6, 6.07) is 7.32. The highest BCUT2D eigenvalue weighted by atomic mass is 19.3. The van der Waals surface area contributed by atoms with Gasteiger partial charge in [-0.3, -0.25) is 14.6 Å². The largest absolute Gasteiger partial charge is 0.497 e. The van der Waals surface area contributed by atoms with Crippen LogP contribution in [0.1, 0.15) is 40.9 Å². The van der Waals surface area contributed by atoms with Gasteiger partial charge in [0.05, 0.1) is 36.7 Å². The van der Waals surface area contributed by atoms with Crippen LogP contribution in [0.25, 0.3) is 0 Å². The molecule has 11 heteroatoms. The molecule has 1 aliphatic carbocycles. The quantitative estimate of drug-likeness (QED) is 0.495. The highest BCUT2D eigenvalue weighted by Gasteiger charge is 2.51. The third-order valence-electron chi connectivity index (χ3n) is 5.27. The second-order valence-electron chi connectivity index (χ2n) is 7.64. The van der Waals surface area contributed by atoms with Crippen molar-refractivity contribution in [2.45, 2.75) is 31.4 Å². The van der Waals surface area contributed by atoms with Gasteiger partial charge in [-0.25, -0.2) is 18.7 Å². The van der Waals surface area contributed by atoms with E-state index in [2.05, 4.69) is 25.6 Å². The van der Waals surface area contributed by atoms with Gasteiger partial charge in [-0.15, -0.1) is 0 Å². The maximum absolute atomic E-state index is 13.3. The van der Waals surface area contributed by atoms with E-state index in [0.717, 1.165) is 0 Å². The second-order valence-corrected chi connectivity index (χ2v) is 7.64. The summed E-state index contributed by atoms with van der Waals surface area (Å²) in [6.45, 7) is 0.121. The number of amides is 2. The van der Waals surface area contributed by atoms with Crippen LogP contribution in [-0.2, 0) is 11.3 Å². The third kappa shape index (κ3) is 5.25. The topological polar surface area (TPSA) is 115 Å². The molecule has 3 aromatic rings. The number of methoxy groups -OCH3 is 1. The molecule has 0 spiro atoms. The number of hydrogen-bond donors (Lipinski definition) is 2. The normalized spacial score (nSPS) is 13.8. The van der Waals surface area contributed by atoms with Crippen molar-refractivity contribution in [3.8, 4) is 17.2 Å². The molecule has 2 aromatic heterocycles. The highest BCUT2D eigenvalue weighted by molar-refractivity contribution is 6.00. The van der Waals surface area contributed by atoms with Crippen molar-refractivity contribution in [2.75, 3.05) is 7.11 Å². The zero-order valence-corrected chi connectivity index (χ0v) is 18.1. The summed E-state index contributed by atoms with van der Waals surface area (Å²) in [5.41, 5.74) is -0.459. The van der Waals surface area contributed by atoms with Crippen LogP contribution in [0, 0.1) is 0 Å². The van der Waals surface area contributed by atoms with Crippen molar-refractivity contribution in [3.63, 3.8) is 0 Å². The number of ether oxygens (including phenoxy) is 2. The molecule has 34 heavy (non-hydrogen) atoms. The fourth-order valence-corrected chi connectivity index (χ4v) is 3.20. The van der Waals surface area contributed by atoms with Gasteiger partial charge in [0.25, 0.3) is 12.3 Å². The molecule has 0 unspecified atom stereocenters. The lowest BCUT2D eigenvalue weighted by Crippen LogP contribution is -2.48. The van der Waals surface area contributed by atoms with E-state index in [1.807, 2.05) is 0 Å². The van der Waals surface area contributed by atoms with Gasteiger partial charge in [-0.1, -0.05) is 0 Å². The summed E-state index contributed by atoms with van der Waals surface area (Å²) in [5.74, 6) is -0.185. The van der Waals surface area contributed by atoms with E-state index in [0.29, 0.717) is 24.3 Å². The van der Waals surface area contributed by atoms with Crippen molar-refractivity contribution in [3.05, 3.63) is 72.1 Å². The summed E-state index contributed by atoms with van der Waals surface area (Å²) in [7, 11) is 1.39.